The summed E-state index contributed by atoms with van der Waals surface area (Å²) in [4.78, 5) is 12.8. The molecule has 2 aromatic carbocycles. The van der Waals surface area contributed by atoms with E-state index in [1.807, 2.05) is 0 Å². The Balaban J connectivity index is 1.68. The van der Waals surface area contributed by atoms with Crippen LogP contribution in [0, 0.1) is 0 Å². The van der Waals surface area contributed by atoms with E-state index in [1.54, 1.807) is 42.6 Å². The molecule has 2 heterocycles. The number of aromatic amines is 1. The highest BCUT2D eigenvalue weighted by Gasteiger charge is 2.40. The third-order valence-corrected chi connectivity index (χ3v) is 4.69. The summed E-state index contributed by atoms with van der Waals surface area (Å²) in [7, 11) is 0. The summed E-state index contributed by atoms with van der Waals surface area (Å²) < 4.78 is 47.9. The molecule has 0 bridgehead atoms. The number of nitrogens with zero attached hydrogens (tertiary/aromatic N) is 3. The second-order valence-corrected chi connectivity index (χ2v) is 6.92. The molecule has 0 atom stereocenters. The van der Waals surface area contributed by atoms with Crippen LogP contribution in [0.5, 0.6) is 5.75 Å². The fourth-order valence-electron chi connectivity index (χ4n) is 3.27. The van der Waals surface area contributed by atoms with Crippen LogP contribution in [-0.4, -0.2) is 39.0 Å². The fourth-order valence-corrected chi connectivity index (χ4v) is 3.27. The summed E-state index contributed by atoms with van der Waals surface area (Å²) in [5.41, 5.74) is 5.36. The van der Waals surface area contributed by atoms with Gasteiger partial charge in [0, 0.05) is 24.0 Å². The average Bonchev–Trinajstić information content (AvgIpc) is 3.49. The number of alkyl halides is 3. The third-order valence-electron chi connectivity index (χ3n) is 4.69. The molecule has 0 aliphatic heterocycles. The molecular weight excluding hydrogens is 437 g/mol. The van der Waals surface area contributed by atoms with E-state index >= 15 is 0 Å². The molecule has 0 aliphatic carbocycles. The number of benzene rings is 2. The highest BCUT2D eigenvalue weighted by Crippen LogP contribution is 2.35. The molecule has 33 heavy (non-hydrogen) atoms. The Labute approximate surface area is 186 Å². The van der Waals surface area contributed by atoms with Crippen LogP contribution < -0.4 is 15.8 Å². The quantitative estimate of drug-likeness (QED) is 0.391. The van der Waals surface area contributed by atoms with Gasteiger partial charge < -0.3 is 15.8 Å². The van der Waals surface area contributed by atoms with Crippen molar-refractivity contribution >= 4 is 11.6 Å². The monoisotopic (exact) mass is 456 g/mol. The Morgan fingerprint density at radius 2 is 1.94 bits per heavy atom. The summed E-state index contributed by atoms with van der Waals surface area (Å²) in [6, 6.07) is 14.2. The first kappa shape index (κ1) is 22.1. The first-order valence-electron chi connectivity index (χ1n) is 9.87. The van der Waals surface area contributed by atoms with Gasteiger partial charge in [-0.3, -0.25) is 9.89 Å². The number of hydrogen-bond donors (Lipinski definition) is 3. The highest BCUT2D eigenvalue weighted by atomic mass is 19.4. The van der Waals surface area contributed by atoms with Gasteiger partial charge in [0.25, 0.3) is 5.91 Å². The van der Waals surface area contributed by atoms with Crippen molar-refractivity contribution in [2.24, 2.45) is 5.73 Å². The SMILES string of the molecule is NCCOc1ccc(NC(=O)c2cnn(-c3ccccc3)c2C(F)(F)F)cc1-c1ccn[nH]1. The van der Waals surface area contributed by atoms with E-state index in [2.05, 4.69) is 20.6 Å². The van der Waals surface area contributed by atoms with E-state index in [-0.39, 0.29) is 18.0 Å². The zero-order valence-electron chi connectivity index (χ0n) is 17.1. The third kappa shape index (κ3) is 4.72. The number of nitrogens with one attached hydrogen (secondary N) is 2. The van der Waals surface area contributed by atoms with Gasteiger partial charge >= 0.3 is 6.18 Å². The minimum absolute atomic E-state index is 0.187. The molecule has 4 rings (SSSR count). The second-order valence-electron chi connectivity index (χ2n) is 6.92. The predicted molar refractivity (Wildman–Crippen MR) is 115 cm³/mol. The number of H-pyrrole nitrogens is 1. The average molecular weight is 456 g/mol. The number of carbonyl (C=O) groups is 1. The van der Waals surface area contributed by atoms with Crippen LogP contribution in [0.1, 0.15) is 16.1 Å². The van der Waals surface area contributed by atoms with Crippen molar-refractivity contribution < 1.29 is 22.7 Å². The van der Waals surface area contributed by atoms with Crippen molar-refractivity contribution in [2.45, 2.75) is 6.18 Å². The number of aromatic nitrogens is 4. The van der Waals surface area contributed by atoms with E-state index < -0.39 is 23.3 Å². The fraction of sp³-hybridized carbons (Fsp3) is 0.136. The molecule has 0 radical (unpaired) electrons. The van der Waals surface area contributed by atoms with E-state index in [0.717, 1.165) is 6.20 Å². The first-order chi connectivity index (χ1) is 15.9. The Bertz CT molecular complexity index is 1240. The van der Waals surface area contributed by atoms with E-state index in [0.29, 0.717) is 28.2 Å². The van der Waals surface area contributed by atoms with Gasteiger partial charge in [-0.25, -0.2) is 4.68 Å². The summed E-state index contributed by atoms with van der Waals surface area (Å²) >= 11 is 0. The normalized spacial score (nSPS) is 11.4. The molecule has 0 spiro atoms. The standard InChI is InChI=1S/C22H19F3N6O2/c23-22(24,25)20-17(13-28-31(20)15-4-2-1-3-5-15)21(32)29-14-6-7-19(33-11-9-26)16(12-14)18-8-10-27-30-18/h1-8,10,12-13H,9,11,26H2,(H,27,30)(H,29,32). The van der Waals surface area contributed by atoms with Crippen molar-refractivity contribution in [3.05, 3.63) is 78.2 Å². The van der Waals surface area contributed by atoms with Crippen LogP contribution in [-0.2, 0) is 6.18 Å². The Kier molecular flexibility index (Phi) is 6.13. The van der Waals surface area contributed by atoms with Crippen LogP contribution in [0.15, 0.2) is 67.0 Å². The van der Waals surface area contributed by atoms with Gasteiger partial charge in [-0.05, 0) is 36.4 Å². The number of nitrogens with two attached hydrogens (primary N) is 1. The first-order valence-corrected chi connectivity index (χ1v) is 9.87. The lowest BCUT2D eigenvalue weighted by Gasteiger charge is -2.14. The maximum Gasteiger partial charge on any atom is 0.434 e. The zero-order valence-corrected chi connectivity index (χ0v) is 17.1. The maximum absolute atomic E-state index is 13.9. The predicted octanol–water partition coefficient (Wildman–Crippen LogP) is 3.87. The molecule has 8 nitrogen and oxygen atoms in total. The lowest BCUT2D eigenvalue weighted by molar-refractivity contribution is -0.143. The number of hydrogen-bond acceptors (Lipinski definition) is 5. The molecule has 170 valence electrons. The highest BCUT2D eigenvalue weighted by molar-refractivity contribution is 6.05. The van der Waals surface area contributed by atoms with Gasteiger partial charge in [-0.1, -0.05) is 18.2 Å². The van der Waals surface area contributed by atoms with Crippen molar-refractivity contribution in [1.29, 1.82) is 0 Å². The number of rotatable bonds is 7. The number of carbonyl (C=O) groups excluding carboxylic acids is 1. The van der Waals surface area contributed by atoms with Crippen LogP contribution in [0.4, 0.5) is 18.9 Å². The van der Waals surface area contributed by atoms with E-state index in [9.17, 15) is 18.0 Å². The Hall–Kier alpha value is -4.12. The van der Waals surface area contributed by atoms with Crippen LogP contribution in [0.25, 0.3) is 16.9 Å². The minimum Gasteiger partial charge on any atom is -0.492 e. The van der Waals surface area contributed by atoms with Crippen molar-refractivity contribution in [1.82, 2.24) is 20.0 Å². The molecule has 1 amide bonds. The smallest absolute Gasteiger partial charge is 0.434 e. The van der Waals surface area contributed by atoms with Crippen molar-refractivity contribution in [3.8, 4) is 22.7 Å². The van der Waals surface area contributed by atoms with Gasteiger partial charge in [0.05, 0.1) is 23.1 Å². The molecule has 4 aromatic rings. The van der Waals surface area contributed by atoms with Gasteiger partial charge in [0.1, 0.15) is 12.4 Å². The summed E-state index contributed by atoms with van der Waals surface area (Å²) in [6.07, 6.45) is -2.36. The summed E-state index contributed by atoms with van der Waals surface area (Å²) in [6.45, 7) is 0.562. The molecule has 0 fully saturated rings. The lowest BCUT2D eigenvalue weighted by atomic mass is 10.1. The Morgan fingerprint density at radius 3 is 2.61 bits per heavy atom. The number of ether oxygens (including phenoxy) is 1. The number of amides is 1. The maximum atomic E-state index is 13.9. The van der Waals surface area contributed by atoms with Crippen LogP contribution >= 0.6 is 0 Å². The molecule has 11 heteroatoms. The molecule has 2 aromatic heterocycles. The van der Waals surface area contributed by atoms with E-state index in [1.165, 1.54) is 18.2 Å². The van der Waals surface area contributed by atoms with E-state index in [4.69, 9.17) is 10.5 Å². The molecule has 4 N–H and O–H groups in total. The largest absolute Gasteiger partial charge is 0.492 e. The second kappa shape index (κ2) is 9.17. The molecule has 0 aliphatic rings. The summed E-state index contributed by atoms with van der Waals surface area (Å²) in [5.74, 6) is -0.466. The molecule has 0 saturated carbocycles. The van der Waals surface area contributed by atoms with Crippen LogP contribution in [0.3, 0.4) is 0 Å². The van der Waals surface area contributed by atoms with Gasteiger partial charge in [0.15, 0.2) is 5.69 Å². The number of anilines is 1. The zero-order chi connectivity index (χ0) is 23.4. The van der Waals surface area contributed by atoms with Crippen molar-refractivity contribution in [3.63, 3.8) is 0 Å². The minimum atomic E-state index is -4.81. The van der Waals surface area contributed by atoms with Crippen molar-refractivity contribution in [2.75, 3.05) is 18.5 Å². The Morgan fingerprint density at radius 1 is 1.15 bits per heavy atom. The number of para-hydroxylation sites is 1. The lowest BCUT2D eigenvalue weighted by Crippen LogP contribution is -2.20. The molecule has 0 unspecified atom stereocenters. The topological polar surface area (TPSA) is 111 Å². The molecule has 0 saturated heterocycles. The van der Waals surface area contributed by atoms with Crippen LogP contribution in [0.2, 0.25) is 0 Å². The molecular formula is C22H19F3N6O2. The van der Waals surface area contributed by atoms with Gasteiger partial charge in [0.2, 0.25) is 0 Å². The summed E-state index contributed by atoms with van der Waals surface area (Å²) in [5, 5.41) is 13.0. The number of halogens is 3. The van der Waals surface area contributed by atoms with Gasteiger partial charge in [-0.15, -0.1) is 0 Å². The van der Waals surface area contributed by atoms with Gasteiger partial charge in [-0.2, -0.15) is 23.4 Å².